The zero-order valence-electron chi connectivity index (χ0n) is 12.4. The Labute approximate surface area is 127 Å². The van der Waals surface area contributed by atoms with Gasteiger partial charge in [0, 0.05) is 18.2 Å². The maximum absolute atomic E-state index is 10.8. The zero-order chi connectivity index (χ0) is 14.5. The number of aldehydes is 1. The van der Waals surface area contributed by atoms with Crippen molar-refractivity contribution in [3.8, 4) is 0 Å². The summed E-state index contributed by atoms with van der Waals surface area (Å²) in [5.41, 5.74) is 1.73. The summed E-state index contributed by atoms with van der Waals surface area (Å²) < 4.78 is 0. The van der Waals surface area contributed by atoms with Gasteiger partial charge in [0.1, 0.15) is 6.29 Å². The standard InChI is InChI=1S/C17H24ClNO/c1-13(2)9-10-19(15-5-3-4-6-15)17-8-7-14(12-20)11-16(17)18/h7-8,11-13,15H,3-6,9-10H2,1-2H3. The average molecular weight is 294 g/mol. The fourth-order valence-electron chi connectivity index (χ4n) is 2.94. The molecule has 0 heterocycles. The normalized spacial score (nSPS) is 15.8. The summed E-state index contributed by atoms with van der Waals surface area (Å²) >= 11 is 6.40. The second-order valence-electron chi connectivity index (χ2n) is 6.14. The third-order valence-electron chi connectivity index (χ3n) is 4.13. The second-order valence-corrected chi connectivity index (χ2v) is 6.55. The van der Waals surface area contributed by atoms with E-state index >= 15 is 0 Å². The first kappa shape index (κ1) is 15.4. The van der Waals surface area contributed by atoms with Crippen molar-refractivity contribution in [3.63, 3.8) is 0 Å². The van der Waals surface area contributed by atoms with Gasteiger partial charge in [0.25, 0.3) is 0 Å². The van der Waals surface area contributed by atoms with Crippen molar-refractivity contribution in [3.05, 3.63) is 28.8 Å². The van der Waals surface area contributed by atoms with Crippen LogP contribution in [0.3, 0.4) is 0 Å². The number of carbonyl (C=O) groups excluding carboxylic acids is 1. The van der Waals surface area contributed by atoms with Crippen molar-refractivity contribution in [1.29, 1.82) is 0 Å². The molecule has 0 saturated heterocycles. The van der Waals surface area contributed by atoms with Gasteiger partial charge in [-0.3, -0.25) is 4.79 Å². The maximum Gasteiger partial charge on any atom is 0.150 e. The molecule has 0 aliphatic heterocycles. The Morgan fingerprint density at radius 3 is 2.60 bits per heavy atom. The van der Waals surface area contributed by atoms with Gasteiger partial charge < -0.3 is 4.90 Å². The summed E-state index contributed by atoms with van der Waals surface area (Å²) in [6.07, 6.45) is 7.15. The number of carbonyl (C=O) groups is 1. The summed E-state index contributed by atoms with van der Waals surface area (Å²) in [4.78, 5) is 13.3. The topological polar surface area (TPSA) is 20.3 Å². The van der Waals surface area contributed by atoms with E-state index in [-0.39, 0.29) is 0 Å². The van der Waals surface area contributed by atoms with Crippen LogP contribution in [0.15, 0.2) is 18.2 Å². The molecule has 0 radical (unpaired) electrons. The SMILES string of the molecule is CC(C)CCN(c1ccc(C=O)cc1Cl)C1CCCC1. The maximum atomic E-state index is 10.8. The van der Waals surface area contributed by atoms with E-state index in [1.807, 2.05) is 12.1 Å². The molecule has 110 valence electrons. The van der Waals surface area contributed by atoms with Crippen molar-refractivity contribution in [1.82, 2.24) is 0 Å². The van der Waals surface area contributed by atoms with Crippen molar-refractivity contribution in [2.24, 2.45) is 5.92 Å². The van der Waals surface area contributed by atoms with Crippen LogP contribution in [-0.4, -0.2) is 18.9 Å². The van der Waals surface area contributed by atoms with E-state index in [0.717, 1.165) is 18.5 Å². The highest BCUT2D eigenvalue weighted by Crippen LogP contribution is 2.33. The molecule has 1 aromatic carbocycles. The van der Waals surface area contributed by atoms with E-state index in [4.69, 9.17) is 11.6 Å². The highest BCUT2D eigenvalue weighted by Gasteiger charge is 2.24. The largest absolute Gasteiger partial charge is 0.367 e. The van der Waals surface area contributed by atoms with Gasteiger partial charge in [-0.15, -0.1) is 0 Å². The fraction of sp³-hybridized carbons (Fsp3) is 0.588. The molecule has 1 aliphatic rings. The van der Waals surface area contributed by atoms with Crippen LogP contribution in [0, 0.1) is 5.92 Å². The van der Waals surface area contributed by atoms with Crippen molar-refractivity contribution in [2.75, 3.05) is 11.4 Å². The van der Waals surface area contributed by atoms with E-state index in [0.29, 0.717) is 22.5 Å². The Balaban J connectivity index is 2.22. The minimum Gasteiger partial charge on any atom is -0.367 e. The minimum atomic E-state index is 0.605. The second kappa shape index (κ2) is 7.12. The van der Waals surface area contributed by atoms with Crippen LogP contribution in [0.5, 0.6) is 0 Å². The number of rotatable bonds is 6. The lowest BCUT2D eigenvalue weighted by Gasteiger charge is -2.32. The molecule has 0 spiro atoms. The molecule has 2 nitrogen and oxygen atoms in total. The molecule has 0 bridgehead atoms. The molecule has 3 heteroatoms. The molecule has 20 heavy (non-hydrogen) atoms. The van der Waals surface area contributed by atoms with Crippen LogP contribution in [-0.2, 0) is 0 Å². The molecule has 1 saturated carbocycles. The van der Waals surface area contributed by atoms with E-state index in [2.05, 4.69) is 18.7 Å². The smallest absolute Gasteiger partial charge is 0.150 e. The molecule has 0 atom stereocenters. The van der Waals surface area contributed by atoms with E-state index in [1.165, 1.54) is 32.1 Å². The number of hydrogen-bond acceptors (Lipinski definition) is 2. The molecular formula is C17H24ClNO. The average Bonchev–Trinajstić information content (AvgIpc) is 2.94. The van der Waals surface area contributed by atoms with E-state index in [9.17, 15) is 4.79 Å². The molecular weight excluding hydrogens is 270 g/mol. The molecule has 1 fully saturated rings. The third kappa shape index (κ3) is 3.76. The Kier molecular flexibility index (Phi) is 5.47. The van der Waals surface area contributed by atoms with Gasteiger partial charge in [-0.05, 0) is 43.4 Å². The zero-order valence-corrected chi connectivity index (χ0v) is 13.2. The minimum absolute atomic E-state index is 0.605. The van der Waals surface area contributed by atoms with Crippen LogP contribution in [0.2, 0.25) is 5.02 Å². The number of nitrogens with zero attached hydrogens (tertiary/aromatic N) is 1. The number of hydrogen-bond donors (Lipinski definition) is 0. The molecule has 0 aromatic heterocycles. The first-order valence-electron chi connectivity index (χ1n) is 7.63. The lowest BCUT2D eigenvalue weighted by Crippen LogP contribution is -2.35. The molecule has 0 N–H and O–H groups in total. The highest BCUT2D eigenvalue weighted by atomic mass is 35.5. The van der Waals surface area contributed by atoms with Gasteiger partial charge >= 0.3 is 0 Å². The quantitative estimate of drug-likeness (QED) is 0.692. The van der Waals surface area contributed by atoms with Crippen LogP contribution >= 0.6 is 11.6 Å². The third-order valence-corrected chi connectivity index (χ3v) is 4.43. The number of benzene rings is 1. The monoisotopic (exact) mass is 293 g/mol. The van der Waals surface area contributed by atoms with Gasteiger partial charge in [-0.1, -0.05) is 38.3 Å². The molecule has 1 aliphatic carbocycles. The van der Waals surface area contributed by atoms with E-state index < -0.39 is 0 Å². The predicted octanol–water partition coefficient (Wildman–Crippen LogP) is 4.95. The van der Waals surface area contributed by atoms with Gasteiger partial charge in [0.2, 0.25) is 0 Å². The molecule has 0 amide bonds. The first-order chi connectivity index (χ1) is 9.61. The lowest BCUT2D eigenvalue weighted by molar-refractivity contribution is 0.112. The summed E-state index contributed by atoms with van der Waals surface area (Å²) in [5.74, 6) is 0.687. The number of halogens is 1. The van der Waals surface area contributed by atoms with Gasteiger partial charge in [-0.2, -0.15) is 0 Å². The highest BCUT2D eigenvalue weighted by molar-refractivity contribution is 6.33. The van der Waals surface area contributed by atoms with Crippen LogP contribution < -0.4 is 4.90 Å². The van der Waals surface area contributed by atoms with Gasteiger partial charge in [0.15, 0.2) is 0 Å². The summed E-state index contributed by atoms with van der Waals surface area (Å²) in [5, 5.41) is 0.699. The van der Waals surface area contributed by atoms with Crippen LogP contribution in [0.25, 0.3) is 0 Å². The Morgan fingerprint density at radius 1 is 1.35 bits per heavy atom. The lowest BCUT2D eigenvalue weighted by atomic mass is 10.1. The van der Waals surface area contributed by atoms with Gasteiger partial charge in [0.05, 0.1) is 10.7 Å². The Morgan fingerprint density at radius 2 is 2.05 bits per heavy atom. The Hall–Kier alpha value is -1.02. The Bertz CT molecular complexity index is 452. The van der Waals surface area contributed by atoms with Gasteiger partial charge in [-0.25, -0.2) is 0 Å². The van der Waals surface area contributed by atoms with Crippen molar-refractivity contribution >= 4 is 23.6 Å². The van der Waals surface area contributed by atoms with E-state index in [1.54, 1.807) is 6.07 Å². The molecule has 1 aromatic rings. The van der Waals surface area contributed by atoms with Crippen molar-refractivity contribution < 1.29 is 4.79 Å². The predicted molar refractivity (Wildman–Crippen MR) is 85.9 cm³/mol. The molecule has 2 rings (SSSR count). The summed E-state index contributed by atoms with van der Waals surface area (Å²) in [6, 6.07) is 6.26. The molecule has 0 unspecified atom stereocenters. The van der Waals surface area contributed by atoms with Crippen LogP contribution in [0.1, 0.15) is 56.3 Å². The fourth-order valence-corrected chi connectivity index (χ4v) is 3.24. The first-order valence-corrected chi connectivity index (χ1v) is 8.01. The van der Waals surface area contributed by atoms with Crippen molar-refractivity contribution in [2.45, 2.75) is 52.0 Å². The number of anilines is 1. The summed E-state index contributed by atoms with van der Waals surface area (Å²) in [6.45, 7) is 5.55. The summed E-state index contributed by atoms with van der Waals surface area (Å²) in [7, 11) is 0. The van der Waals surface area contributed by atoms with Crippen LogP contribution in [0.4, 0.5) is 5.69 Å².